The Hall–Kier alpha value is -3.32. The van der Waals surface area contributed by atoms with E-state index in [0.29, 0.717) is 6.67 Å². The smallest absolute Gasteiger partial charge is 0.227 e. The van der Waals surface area contributed by atoms with E-state index in [1.54, 1.807) is 12.1 Å². The van der Waals surface area contributed by atoms with Crippen LogP contribution in [0.15, 0.2) is 60.7 Å². The minimum absolute atomic E-state index is 0.0249. The molecule has 1 aliphatic heterocycles. The van der Waals surface area contributed by atoms with Gasteiger partial charge in [0.15, 0.2) is 0 Å². The molecule has 156 valence electrons. The van der Waals surface area contributed by atoms with Gasteiger partial charge in [-0.05, 0) is 37.3 Å². The highest BCUT2D eigenvalue weighted by atomic mass is 16.3. The molecule has 0 atom stereocenters. The number of hydrogen-bond acceptors (Lipinski definition) is 5. The topological polar surface area (TPSA) is 73.6 Å². The summed E-state index contributed by atoms with van der Waals surface area (Å²) in [5.74, 6) is 0.259. The molecule has 0 radical (unpaired) electrons. The van der Waals surface area contributed by atoms with Crippen LogP contribution < -0.4 is 10.2 Å². The van der Waals surface area contributed by atoms with E-state index in [1.807, 2.05) is 60.1 Å². The van der Waals surface area contributed by atoms with E-state index in [1.165, 1.54) is 0 Å². The van der Waals surface area contributed by atoms with E-state index in [9.17, 15) is 9.90 Å². The van der Waals surface area contributed by atoms with Gasteiger partial charge in [0.25, 0.3) is 0 Å². The number of rotatable bonds is 6. The molecule has 1 aromatic heterocycles. The predicted molar refractivity (Wildman–Crippen MR) is 117 cm³/mol. The van der Waals surface area contributed by atoms with Crippen LogP contribution in [0.2, 0.25) is 0 Å². The predicted octanol–water partition coefficient (Wildman–Crippen LogP) is 2.32. The minimum Gasteiger partial charge on any atom is -0.508 e. The molecule has 0 bridgehead atoms. The minimum atomic E-state index is -0.0249. The molecule has 0 spiro atoms. The number of para-hydroxylation sites is 1. The van der Waals surface area contributed by atoms with E-state index in [4.69, 9.17) is 0 Å². The highest BCUT2D eigenvalue weighted by Gasteiger charge is 2.18. The molecule has 7 nitrogen and oxygen atoms in total. The third-order valence-corrected chi connectivity index (χ3v) is 5.35. The molecule has 2 heterocycles. The van der Waals surface area contributed by atoms with Crippen LogP contribution in [0.4, 0.5) is 5.69 Å². The van der Waals surface area contributed by atoms with Crippen molar-refractivity contribution in [2.75, 3.05) is 37.7 Å². The lowest BCUT2D eigenvalue weighted by molar-refractivity contribution is -0.121. The first-order valence-electron chi connectivity index (χ1n) is 10.2. The number of nitrogens with zero attached hydrogens (tertiary/aromatic N) is 4. The number of aromatic hydroxyl groups is 1. The molecule has 1 amide bonds. The molecule has 1 fully saturated rings. The fourth-order valence-corrected chi connectivity index (χ4v) is 3.74. The first-order chi connectivity index (χ1) is 14.6. The molecule has 30 heavy (non-hydrogen) atoms. The molecule has 4 rings (SSSR count). The summed E-state index contributed by atoms with van der Waals surface area (Å²) in [7, 11) is 0. The van der Waals surface area contributed by atoms with Crippen LogP contribution in [0.3, 0.4) is 0 Å². The van der Waals surface area contributed by atoms with E-state index in [2.05, 4.69) is 20.2 Å². The van der Waals surface area contributed by atoms with Crippen LogP contribution in [0.1, 0.15) is 11.4 Å². The summed E-state index contributed by atoms with van der Waals surface area (Å²) in [5, 5.41) is 17.2. The number of aryl methyl sites for hydroxylation is 1. The fraction of sp³-hybridized carbons (Fsp3) is 0.304. The van der Waals surface area contributed by atoms with Crippen molar-refractivity contribution in [3.63, 3.8) is 0 Å². The highest BCUT2D eigenvalue weighted by Crippen LogP contribution is 2.21. The van der Waals surface area contributed by atoms with E-state index in [0.717, 1.165) is 48.9 Å². The second kappa shape index (κ2) is 9.00. The lowest BCUT2D eigenvalue weighted by Crippen LogP contribution is -2.50. The van der Waals surface area contributed by atoms with Crippen molar-refractivity contribution in [1.29, 1.82) is 0 Å². The number of benzene rings is 2. The molecule has 2 aromatic carbocycles. The number of carbonyl (C=O) groups excluding carboxylic acids is 1. The number of piperazine rings is 1. The quantitative estimate of drug-likeness (QED) is 0.659. The lowest BCUT2D eigenvalue weighted by Gasteiger charge is -2.36. The van der Waals surface area contributed by atoms with Gasteiger partial charge in [-0.2, -0.15) is 5.10 Å². The van der Waals surface area contributed by atoms with Crippen LogP contribution >= 0.6 is 0 Å². The molecule has 2 N–H and O–H groups in total. The first-order valence-corrected chi connectivity index (χ1v) is 10.2. The van der Waals surface area contributed by atoms with E-state index < -0.39 is 0 Å². The van der Waals surface area contributed by atoms with Crippen LogP contribution in [0, 0.1) is 6.92 Å². The summed E-state index contributed by atoms with van der Waals surface area (Å²) in [6.07, 6.45) is 0.268. The summed E-state index contributed by atoms with van der Waals surface area (Å²) in [4.78, 5) is 16.9. The maximum absolute atomic E-state index is 12.4. The molecule has 1 saturated heterocycles. The SMILES string of the molecule is Cc1cc(CC(=O)NCN2CCN(c3cccc(O)c3)CC2)nn1-c1ccccc1. The second-order valence-corrected chi connectivity index (χ2v) is 7.58. The zero-order chi connectivity index (χ0) is 20.9. The Morgan fingerprint density at radius 2 is 1.73 bits per heavy atom. The van der Waals surface area contributed by atoms with Crippen molar-refractivity contribution in [1.82, 2.24) is 20.0 Å². The average molecular weight is 406 g/mol. The van der Waals surface area contributed by atoms with E-state index in [-0.39, 0.29) is 18.1 Å². The summed E-state index contributed by atoms with van der Waals surface area (Å²) in [6, 6.07) is 19.2. The summed E-state index contributed by atoms with van der Waals surface area (Å²) in [6.45, 7) is 5.97. The molecule has 3 aromatic rings. The Bertz CT molecular complexity index is 994. The largest absolute Gasteiger partial charge is 0.508 e. The zero-order valence-electron chi connectivity index (χ0n) is 17.2. The van der Waals surface area contributed by atoms with Crippen LogP contribution in [0.5, 0.6) is 5.75 Å². The molecule has 1 aliphatic rings. The number of nitrogens with one attached hydrogen (secondary N) is 1. The maximum atomic E-state index is 12.4. The van der Waals surface area contributed by atoms with Gasteiger partial charge in [0.05, 0.1) is 24.5 Å². The monoisotopic (exact) mass is 405 g/mol. The van der Waals surface area contributed by atoms with Crippen molar-refractivity contribution in [3.8, 4) is 11.4 Å². The lowest BCUT2D eigenvalue weighted by atomic mass is 10.2. The van der Waals surface area contributed by atoms with Gasteiger partial charge in [-0.25, -0.2) is 4.68 Å². The molecule has 7 heteroatoms. The molecule has 0 aliphatic carbocycles. The fourth-order valence-electron chi connectivity index (χ4n) is 3.74. The Labute approximate surface area is 176 Å². The number of hydrogen-bond donors (Lipinski definition) is 2. The zero-order valence-corrected chi connectivity index (χ0v) is 17.2. The number of anilines is 1. The van der Waals surface area contributed by atoms with Gasteiger partial charge in [-0.15, -0.1) is 0 Å². The number of aromatic nitrogens is 2. The van der Waals surface area contributed by atoms with Gasteiger partial charge in [0.1, 0.15) is 5.75 Å². The van der Waals surface area contributed by atoms with Crippen molar-refractivity contribution in [2.24, 2.45) is 0 Å². The van der Waals surface area contributed by atoms with Gasteiger partial charge in [-0.3, -0.25) is 9.69 Å². The maximum Gasteiger partial charge on any atom is 0.227 e. The van der Waals surface area contributed by atoms with Gasteiger partial charge >= 0.3 is 0 Å². The summed E-state index contributed by atoms with van der Waals surface area (Å²) in [5.41, 5.74) is 3.80. The van der Waals surface area contributed by atoms with Crippen molar-refractivity contribution in [3.05, 3.63) is 72.1 Å². The van der Waals surface area contributed by atoms with E-state index >= 15 is 0 Å². The summed E-state index contributed by atoms with van der Waals surface area (Å²) < 4.78 is 1.86. The number of carbonyl (C=O) groups is 1. The number of phenols is 1. The normalized spacial score (nSPS) is 14.6. The Balaban J connectivity index is 1.25. The standard InChI is InChI=1S/C23H27N5O2/c1-18-14-19(25-28(18)20-6-3-2-4-7-20)15-23(30)24-17-26-10-12-27(13-11-26)21-8-5-9-22(29)16-21/h2-9,14,16,29H,10-13,15,17H2,1H3,(H,24,30). The van der Waals surface area contributed by atoms with Crippen LogP contribution in [-0.2, 0) is 11.2 Å². The molecular weight excluding hydrogens is 378 g/mol. The van der Waals surface area contributed by atoms with Crippen molar-refractivity contribution < 1.29 is 9.90 Å². The molecular formula is C23H27N5O2. The molecule has 0 saturated carbocycles. The Kier molecular flexibility index (Phi) is 5.99. The highest BCUT2D eigenvalue weighted by molar-refractivity contribution is 5.78. The molecule has 0 unspecified atom stereocenters. The van der Waals surface area contributed by atoms with Crippen molar-refractivity contribution in [2.45, 2.75) is 13.3 Å². The van der Waals surface area contributed by atoms with Crippen LogP contribution in [0.25, 0.3) is 5.69 Å². The van der Waals surface area contributed by atoms with Gasteiger partial charge in [0.2, 0.25) is 5.91 Å². The number of phenolic OH excluding ortho intramolecular Hbond substituents is 1. The number of amides is 1. The third kappa shape index (κ3) is 4.80. The van der Waals surface area contributed by atoms with Gasteiger partial charge < -0.3 is 15.3 Å². The van der Waals surface area contributed by atoms with Gasteiger partial charge in [-0.1, -0.05) is 24.3 Å². The third-order valence-electron chi connectivity index (χ3n) is 5.35. The van der Waals surface area contributed by atoms with Gasteiger partial charge in [0, 0.05) is 43.6 Å². The second-order valence-electron chi connectivity index (χ2n) is 7.58. The Morgan fingerprint density at radius 1 is 1.00 bits per heavy atom. The summed E-state index contributed by atoms with van der Waals surface area (Å²) >= 11 is 0. The first kappa shape index (κ1) is 20.0. The van der Waals surface area contributed by atoms with Crippen LogP contribution in [-0.4, -0.2) is 58.5 Å². The van der Waals surface area contributed by atoms with Crippen molar-refractivity contribution >= 4 is 11.6 Å². The average Bonchev–Trinajstić information content (AvgIpc) is 3.13. The Morgan fingerprint density at radius 3 is 2.47 bits per heavy atom.